The van der Waals surface area contributed by atoms with E-state index in [4.69, 9.17) is 5.73 Å². The molecule has 1 heterocycles. The molecule has 6 nitrogen and oxygen atoms in total. The number of nitrogens with two attached hydrogens (primary N) is 1. The Hall–Kier alpha value is -1.43. The van der Waals surface area contributed by atoms with E-state index in [0.717, 1.165) is 19.3 Å². The van der Waals surface area contributed by atoms with Crippen LogP contribution in [0.2, 0.25) is 0 Å². The summed E-state index contributed by atoms with van der Waals surface area (Å²) in [6, 6.07) is -0.932. The summed E-state index contributed by atoms with van der Waals surface area (Å²) in [5.41, 5.74) is 5.25. The lowest BCUT2D eigenvalue weighted by Gasteiger charge is -2.32. The maximum Gasteiger partial charge on any atom is 0.252 e. The number of rotatable bonds is 3. The average Bonchev–Trinajstić information content (AvgIpc) is 2.65. The lowest BCUT2D eigenvalue weighted by molar-refractivity contribution is -0.142. The first kappa shape index (κ1) is 15.0. The summed E-state index contributed by atoms with van der Waals surface area (Å²) >= 11 is 0. The number of carbonyl (C=O) groups is 3. The first-order valence-electron chi connectivity index (χ1n) is 7.31. The van der Waals surface area contributed by atoms with Crippen molar-refractivity contribution in [3.63, 3.8) is 0 Å². The van der Waals surface area contributed by atoms with Crippen molar-refractivity contribution in [1.82, 2.24) is 10.2 Å². The van der Waals surface area contributed by atoms with Gasteiger partial charge in [0.05, 0.1) is 12.0 Å². The lowest BCUT2D eigenvalue weighted by atomic mass is 9.81. The molecule has 0 radical (unpaired) electrons. The number of nitrogens with zero attached hydrogens (tertiary/aromatic N) is 1. The highest BCUT2D eigenvalue weighted by molar-refractivity contribution is 6.07. The van der Waals surface area contributed by atoms with Gasteiger partial charge in [0.15, 0.2) is 0 Å². The first-order valence-corrected chi connectivity index (χ1v) is 7.31. The fourth-order valence-electron chi connectivity index (χ4n) is 3.02. The van der Waals surface area contributed by atoms with Crippen LogP contribution in [0.4, 0.5) is 0 Å². The number of imide groups is 1. The second-order valence-electron chi connectivity index (χ2n) is 6.14. The van der Waals surface area contributed by atoms with Crippen LogP contribution in [-0.4, -0.2) is 40.2 Å². The number of likely N-dealkylation sites (tertiary alicyclic amines) is 1. The summed E-state index contributed by atoms with van der Waals surface area (Å²) in [7, 11) is 0. The minimum absolute atomic E-state index is 0.0405. The Balaban J connectivity index is 2.02. The highest BCUT2D eigenvalue weighted by Crippen LogP contribution is 2.26. The molecule has 0 unspecified atom stereocenters. The molecule has 1 aliphatic heterocycles. The molecule has 0 bridgehead atoms. The van der Waals surface area contributed by atoms with E-state index in [2.05, 4.69) is 5.32 Å². The molecule has 6 heteroatoms. The van der Waals surface area contributed by atoms with Gasteiger partial charge in [0.25, 0.3) is 5.91 Å². The Labute approximate surface area is 119 Å². The summed E-state index contributed by atoms with van der Waals surface area (Å²) in [5, 5.41) is 2.68. The molecule has 2 rings (SSSR count). The lowest BCUT2D eigenvalue weighted by Crippen LogP contribution is -2.58. The Morgan fingerprint density at radius 1 is 1.30 bits per heavy atom. The predicted molar refractivity (Wildman–Crippen MR) is 73.5 cm³/mol. The Morgan fingerprint density at radius 3 is 2.40 bits per heavy atom. The van der Waals surface area contributed by atoms with Crippen LogP contribution in [0.25, 0.3) is 0 Å². The van der Waals surface area contributed by atoms with E-state index in [1.807, 2.05) is 0 Å². The molecule has 3 amide bonds. The Kier molecular flexibility index (Phi) is 4.13. The number of hydrogen-bond donors (Lipinski definition) is 2. The van der Waals surface area contributed by atoms with Gasteiger partial charge in [-0.25, -0.2) is 0 Å². The van der Waals surface area contributed by atoms with Gasteiger partial charge < -0.3 is 11.1 Å². The third kappa shape index (κ3) is 2.70. The molecule has 0 aromatic heterocycles. The van der Waals surface area contributed by atoms with Gasteiger partial charge in [0.1, 0.15) is 6.04 Å². The second-order valence-corrected chi connectivity index (χ2v) is 6.14. The first-order chi connectivity index (χ1) is 9.35. The van der Waals surface area contributed by atoms with E-state index >= 15 is 0 Å². The van der Waals surface area contributed by atoms with Crippen molar-refractivity contribution in [3.8, 4) is 0 Å². The monoisotopic (exact) mass is 281 g/mol. The Bertz CT molecular complexity index is 427. The molecule has 1 saturated carbocycles. The molecule has 112 valence electrons. The van der Waals surface area contributed by atoms with Crippen LogP contribution in [0, 0.1) is 0 Å². The SMILES string of the molecule is CC(C)N1C(=O)C[C@@H](NC(=O)C2(N)CCCCC2)C1=O. The molecule has 1 atom stereocenters. The number of nitrogens with one attached hydrogen (secondary N) is 1. The molecule has 1 saturated heterocycles. The van der Waals surface area contributed by atoms with E-state index in [1.165, 1.54) is 4.90 Å². The van der Waals surface area contributed by atoms with Crippen LogP contribution in [0.3, 0.4) is 0 Å². The van der Waals surface area contributed by atoms with Crippen LogP contribution < -0.4 is 11.1 Å². The van der Waals surface area contributed by atoms with Crippen LogP contribution in [-0.2, 0) is 14.4 Å². The van der Waals surface area contributed by atoms with E-state index < -0.39 is 11.6 Å². The molecule has 2 fully saturated rings. The summed E-state index contributed by atoms with van der Waals surface area (Å²) < 4.78 is 0. The molecule has 20 heavy (non-hydrogen) atoms. The maximum absolute atomic E-state index is 12.3. The minimum atomic E-state index is -0.882. The molecular weight excluding hydrogens is 258 g/mol. The van der Waals surface area contributed by atoms with E-state index in [9.17, 15) is 14.4 Å². The quantitative estimate of drug-likeness (QED) is 0.728. The number of hydrogen-bond acceptors (Lipinski definition) is 4. The number of carbonyl (C=O) groups excluding carboxylic acids is 3. The van der Waals surface area contributed by atoms with Gasteiger partial charge in [0.2, 0.25) is 11.8 Å². The highest BCUT2D eigenvalue weighted by atomic mass is 16.2. The summed E-state index contributed by atoms with van der Waals surface area (Å²) in [4.78, 5) is 37.4. The van der Waals surface area contributed by atoms with Gasteiger partial charge in [-0.05, 0) is 26.7 Å². The van der Waals surface area contributed by atoms with Crippen LogP contribution in [0.5, 0.6) is 0 Å². The predicted octanol–water partition coefficient (Wildman–Crippen LogP) is 0.300. The summed E-state index contributed by atoms with van der Waals surface area (Å²) in [6.45, 7) is 3.57. The van der Waals surface area contributed by atoms with Crippen molar-refractivity contribution in [1.29, 1.82) is 0 Å². The van der Waals surface area contributed by atoms with Gasteiger partial charge in [-0.3, -0.25) is 19.3 Å². The van der Waals surface area contributed by atoms with Crippen molar-refractivity contribution >= 4 is 17.7 Å². The fourth-order valence-corrected chi connectivity index (χ4v) is 3.02. The largest absolute Gasteiger partial charge is 0.342 e. The standard InChI is InChI=1S/C14H23N3O3/c1-9(2)17-11(18)8-10(12(17)19)16-13(20)14(15)6-4-3-5-7-14/h9-10H,3-8,15H2,1-2H3,(H,16,20)/t10-/m1/s1. The summed E-state index contributed by atoms with van der Waals surface area (Å²) in [6.07, 6.45) is 4.27. The maximum atomic E-state index is 12.3. The second kappa shape index (κ2) is 5.52. The van der Waals surface area contributed by atoms with Gasteiger partial charge in [-0.2, -0.15) is 0 Å². The molecule has 0 aromatic rings. The van der Waals surface area contributed by atoms with Crippen molar-refractivity contribution in [2.45, 2.75) is 70.0 Å². The zero-order valence-electron chi connectivity index (χ0n) is 12.1. The van der Waals surface area contributed by atoms with Crippen molar-refractivity contribution in [2.24, 2.45) is 5.73 Å². The molecule has 0 spiro atoms. The van der Waals surface area contributed by atoms with E-state index in [1.54, 1.807) is 13.8 Å². The third-order valence-electron chi connectivity index (χ3n) is 4.20. The highest BCUT2D eigenvalue weighted by Gasteiger charge is 2.43. The molecular formula is C14H23N3O3. The van der Waals surface area contributed by atoms with Crippen molar-refractivity contribution in [3.05, 3.63) is 0 Å². The zero-order chi connectivity index (χ0) is 14.9. The van der Waals surface area contributed by atoms with Gasteiger partial charge in [-0.15, -0.1) is 0 Å². The minimum Gasteiger partial charge on any atom is -0.342 e. The third-order valence-corrected chi connectivity index (χ3v) is 4.20. The topological polar surface area (TPSA) is 92.5 Å². The van der Waals surface area contributed by atoms with Crippen molar-refractivity contribution < 1.29 is 14.4 Å². The smallest absolute Gasteiger partial charge is 0.252 e. The molecule has 3 N–H and O–H groups in total. The van der Waals surface area contributed by atoms with Crippen molar-refractivity contribution in [2.75, 3.05) is 0 Å². The van der Waals surface area contributed by atoms with Gasteiger partial charge >= 0.3 is 0 Å². The molecule has 1 aliphatic carbocycles. The normalized spacial score (nSPS) is 26.2. The average molecular weight is 281 g/mol. The van der Waals surface area contributed by atoms with Gasteiger partial charge in [0, 0.05) is 6.04 Å². The van der Waals surface area contributed by atoms with Crippen LogP contribution >= 0.6 is 0 Å². The fraction of sp³-hybridized carbons (Fsp3) is 0.786. The summed E-state index contributed by atoms with van der Waals surface area (Å²) in [5.74, 6) is -0.850. The van der Waals surface area contributed by atoms with E-state index in [0.29, 0.717) is 12.8 Å². The van der Waals surface area contributed by atoms with Crippen LogP contribution in [0.15, 0.2) is 0 Å². The zero-order valence-corrected chi connectivity index (χ0v) is 12.1. The van der Waals surface area contributed by atoms with Crippen LogP contribution in [0.1, 0.15) is 52.4 Å². The van der Waals surface area contributed by atoms with E-state index in [-0.39, 0.29) is 30.2 Å². The Morgan fingerprint density at radius 2 is 1.90 bits per heavy atom. The molecule has 2 aliphatic rings. The van der Waals surface area contributed by atoms with Gasteiger partial charge in [-0.1, -0.05) is 19.3 Å². The number of amides is 3. The molecule has 0 aromatic carbocycles.